The molecule has 1 N–H and O–H groups in total. The monoisotopic (exact) mass is 613 g/mol. The van der Waals surface area contributed by atoms with Gasteiger partial charge in [-0.15, -0.1) is 0 Å². The lowest BCUT2D eigenvalue weighted by Gasteiger charge is -2.31. The van der Waals surface area contributed by atoms with Crippen LogP contribution in [-0.2, 0) is 32.6 Å². The lowest BCUT2D eigenvalue weighted by atomic mass is 10.0. The summed E-state index contributed by atoms with van der Waals surface area (Å²) < 4.78 is 27.5. The Morgan fingerprint density at radius 3 is 2.15 bits per heavy atom. The molecule has 0 aliphatic heterocycles. The van der Waals surface area contributed by atoms with E-state index in [1.54, 1.807) is 11.9 Å². The first-order valence-corrected chi connectivity index (χ1v) is 15.5. The predicted octanol–water partition coefficient (Wildman–Crippen LogP) is 5.00. The van der Waals surface area contributed by atoms with Crippen molar-refractivity contribution in [2.75, 3.05) is 24.2 Å². The van der Waals surface area contributed by atoms with Crippen molar-refractivity contribution in [2.24, 2.45) is 0 Å². The molecule has 2 amide bonds. The largest absolute Gasteiger partial charge is 0.357 e. The second-order valence-corrected chi connectivity index (χ2v) is 12.6. The van der Waals surface area contributed by atoms with Crippen LogP contribution in [0.3, 0.4) is 0 Å². The van der Waals surface area contributed by atoms with Gasteiger partial charge in [-0.2, -0.15) is 0 Å². The molecule has 0 aliphatic carbocycles. The zero-order valence-electron chi connectivity index (χ0n) is 22.9. The summed E-state index contributed by atoms with van der Waals surface area (Å²) in [5.74, 6) is -0.469. The number of rotatable bonds is 12. The molecule has 0 spiro atoms. The van der Waals surface area contributed by atoms with Gasteiger partial charge < -0.3 is 10.2 Å². The van der Waals surface area contributed by atoms with Gasteiger partial charge in [-0.05, 0) is 66.8 Å². The zero-order chi connectivity index (χ0) is 28.6. The van der Waals surface area contributed by atoms with Crippen LogP contribution < -0.4 is 9.62 Å². The van der Waals surface area contributed by atoms with Gasteiger partial charge >= 0.3 is 0 Å². The number of sulfonamides is 1. The van der Waals surface area contributed by atoms with Crippen LogP contribution in [0.15, 0.2) is 77.3 Å². The Kier molecular flexibility index (Phi) is 10.7. The van der Waals surface area contributed by atoms with Crippen LogP contribution in [0.25, 0.3) is 0 Å². The highest BCUT2D eigenvalue weighted by Gasteiger charge is 2.30. The molecular weight excluding hydrogens is 578 g/mol. The fourth-order valence-electron chi connectivity index (χ4n) is 4.65. The van der Waals surface area contributed by atoms with Gasteiger partial charge in [0.1, 0.15) is 6.04 Å². The molecule has 39 heavy (non-hydrogen) atoms. The number of aryl methyl sites for hydroxylation is 2. The average molecular weight is 615 g/mol. The Bertz CT molecular complexity index is 1380. The molecule has 0 fully saturated rings. The molecular formula is C30H36BrN3O4S. The average Bonchev–Trinajstić information content (AvgIpc) is 2.87. The smallest absolute Gasteiger partial charge is 0.242 e. The van der Waals surface area contributed by atoms with Crippen LogP contribution in [0, 0.1) is 13.8 Å². The number of hydrogen-bond acceptors (Lipinski definition) is 4. The maximum atomic E-state index is 13.7. The van der Waals surface area contributed by atoms with Crippen molar-refractivity contribution in [1.82, 2.24) is 10.2 Å². The summed E-state index contributed by atoms with van der Waals surface area (Å²) in [5.41, 5.74) is 4.33. The number of amides is 2. The zero-order valence-corrected chi connectivity index (χ0v) is 25.3. The van der Waals surface area contributed by atoms with E-state index in [9.17, 15) is 18.0 Å². The van der Waals surface area contributed by atoms with Crippen molar-refractivity contribution in [3.63, 3.8) is 0 Å². The number of benzene rings is 3. The van der Waals surface area contributed by atoms with E-state index >= 15 is 0 Å². The molecule has 0 heterocycles. The summed E-state index contributed by atoms with van der Waals surface area (Å²) >= 11 is 3.49. The molecule has 0 unspecified atom stereocenters. The third-order valence-electron chi connectivity index (χ3n) is 6.41. The van der Waals surface area contributed by atoms with Gasteiger partial charge in [0.15, 0.2) is 0 Å². The Morgan fingerprint density at radius 2 is 1.56 bits per heavy atom. The van der Waals surface area contributed by atoms with Gasteiger partial charge in [0.2, 0.25) is 21.8 Å². The van der Waals surface area contributed by atoms with E-state index in [0.717, 1.165) is 26.7 Å². The van der Waals surface area contributed by atoms with E-state index in [0.29, 0.717) is 18.5 Å². The second kappa shape index (κ2) is 13.8. The van der Waals surface area contributed by atoms with Crippen LogP contribution >= 0.6 is 15.9 Å². The Hall–Kier alpha value is -3.17. The fraction of sp³-hybridized carbons (Fsp3) is 0.333. The third-order valence-corrected chi connectivity index (χ3v) is 8.09. The Morgan fingerprint density at radius 1 is 0.923 bits per heavy atom. The minimum atomic E-state index is -3.56. The van der Waals surface area contributed by atoms with Crippen LogP contribution in [0.1, 0.15) is 35.1 Å². The summed E-state index contributed by atoms with van der Waals surface area (Å²) in [6, 6.07) is 22.2. The van der Waals surface area contributed by atoms with Gasteiger partial charge in [-0.25, -0.2) is 8.42 Å². The number of carbonyl (C=O) groups is 2. The van der Waals surface area contributed by atoms with Crippen molar-refractivity contribution in [2.45, 2.75) is 45.7 Å². The quantitative estimate of drug-likeness (QED) is 0.311. The van der Waals surface area contributed by atoms with Crippen LogP contribution in [0.2, 0.25) is 0 Å². The van der Waals surface area contributed by atoms with Crippen molar-refractivity contribution >= 4 is 43.5 Å². The number of carbonyl (C=O) groups excluding carboxylic acids is 2. The third kappa shape index (κ3) is 8.93. The highest BCUT2D eigenvalue weighted by molar-refractivity contribution is 9.10. The molecule has 0 aromatic heterocycles. The van der Waals surface area contributed by atoms with E-state index < -0.39 is 16.1 Å². The lowest BCUT2D eigenvalue weighted by molar-refractivity contribution is -0.141. The maximum Gasteiger partial charge on any atom is 0.242 e. The first-order valence-electron chi connectivity index (χ1n) is 12.8. The first kappa shape index (κ1) is 30.4. The predicted molar refractivity (Wildman–Crippen MR) is 160 cm³/mol. The fourth-order valence-corrected chi connectivity index (χ4v) is 6.05. The highest BCUT2D eigenvalue weighted by Crippen LogP contribution is 2.23. The number of nitrogens with one attached hydrogen (secondary N) is 1. The van der Waals surface area contributed by atoms with Crippen LogP contribution in [-0.4, -0.2) is 51.0 Å². The lowest BCUT2D eigenvalue weighted by Crippen LogP contribution is -2.49. The van der Waals surface area contributed by atoms with Gasteiger partial charge in [0, 0.05) is 37.5 Å². The minimum absolute atomic E-state index is 0.0904. The molecule has 208 valence electrons. The molecule has 9 heteroatoms. The summed E-state index contributed by atoms with van der Waals surface area (Å²) in [7, 11) is -1.99. The summed E-state index contributed by atoms with van der Waals surface area (Å²) in [6.07, 6.45) is 1.93. The number of anilines is 1. The summed E-state index contributed by atoms with van der Waals surface area (Å²) in [4.78, 5) is 28.4. The molecule has 0 aliphatic rings. The minimum Gasteiger partial charge on any atom is -0.357 e. The number of nitrogens with zero attached hydrogens (tertiary/aromatic N) is 2. The van der Waals surface area contributed by atoms with E-state index in [1.165, 1.54) is 10.6 Å². The van der Waals surface area contributed by atoms with E-state index in [-0.39, 0.29) is 31.3 Å². The number of hydrogen-bond donors (Lipinski definition) is 1. The maximum absolute atomic E-state index is 13.7. The topological polar surface area (TPSA) is 86.8 Å². The Balaban J connectivity index is 1.86. The van der Waals surface area contributed by atoms with Crippen molar-refractivity contribution in [3.8, 4) is 0 Å². The second-order valence-electron chi connectivity index (χ2n) is 9.76. The number of likely N-dealkylation sites (N-methyl/N-ethyl adjacent to an activating group) is 1. The Labute approximate surface area is 240 Å². The molecule has 3 aromatic carbocycles. The van der Waals surface area contributed by atoms with Crippen molar-refractivity contribution < 1.29 is 18.0 Å². The van der Waals surface area contributed by atoms with Gasteiger partial charge in [-0.1, -0.05) is 64.5 Å². The first-order chi connectivity index (χ1) is 18.5. The molecule has 3 rings (SSSR count). The van der Waals surface area contributed by atoms with E-state index in [1.807, 2.05) is 86.6 Å². The van der Waals surface area contributed by atoms with Gasteiger partial charge in [-0.3, -0.25) is 13.9 Å². The summed E-state index contributed by atoms with van der Waals surface area (Å²) in [6.45, 7) is 4.25. The molecule has 1 atom stereocenters. The molecule has 0 saturated heterocycles. The van der Waals surface area contributed by atoms with Crippen LogP contribution in [0.5, 0.6) is 0 Å². The SMILES string of the molecule is CNC(=O)[C@@H](Cc1ccccc1)N(Cc1cccc(Br)c1)C(=O)CCCN(c1cc(C)cc(C)c1)S(C)(=O)=O. The van der Waals surface area contributed by atoms with Gasteiger partial charge in [0.25, 0.3) is 0 Å². The summed E-state index contributed by atoms with van der Waals surface area (Å²) in [5, 5.41) is 2.71. The molecule has 7 nitrogen and oxygen atoms in total. The van der Waals surface area contributed by atoms with Crippen molar-refractivity contribution in [1.29, 1.82) is 0 Å². The molecule has 0 radical (unpaired) electrons. The molecule has 3 aromatic rings. The van der Waals surface area contributed by atoms with Crippen LogP contribution in [0.4, 0.5) is 5.69 Å². The molecule has 0 saturated carbocycles. The van der Waals surface area contributed by atoms with Crippen molar-refractivity contribution in [3.05, 3.63) is 99.5 Å². The van der Waals surface area contributed by atoms with E-state index in [2.05, 4.69) is 21.2 Å². The highest BCUT2D eigenvalue weighted by atomic mass is 79.9. The van der Waals surface area contributed by atoms with Gasteiger partial charge in [0.05, 0.1) is 11.9 Å². The number of halogens is 1. The standard InChI is InChI=1S/C30H36BrN3O4S/c1-22-16-23(2)18-27(17-22)34(39(4,37)38)15-9-14-29(35)33(21-25-12-8-13-26(31)19-25)28(30(36)32-3)20-24-10-6-5-7-11-24/h5-8,10-13,16-19,28H,9,14-15,20-21H2,1-4H3,(H,32,36)/t28-/m1/s1. The normalized spacial score (nSPS) is 12.0. The molecule has 0 bridgehead atoms. The van der Waals surface area contributed by atoms with E-state index in [4.69, 9.17) is 0 Å².